The first-order chi connectivity index (χ1) is 9.61. The van der Waals surface area contributed by atoms with Crippen molar-refractivity contribution in [1.82, 2.24) is 25.1 Å². The minimum atomic E-state index is -0.406. The van der Waals surface area contributed by atoms with Crippen LogP contribution >= 0.6 is 11.8 Å². The number of tetrazole rings is 1. The van der Waals surface area contributed by atoms with Gasteiger partial charge in [0, 0.05) is 7.05 Å². The van der Waals surface area contributed by atoms with Crippen molar-refractivity contribution in [2.75, 3.05) is 26.0 Å². The molecule has 0 aliphatic heterocycles. The zero-order valence-electron chi connectivity index (χ0n) is 11.5. The minimum absolute atomic E-state index is 0.0409. The molecule has 1 heterocycles. The number of carbonyl (C=O) groups excluding carboxylic acids is 2. The number of hydrogen-bond acceptors (Lipinski definition) is 7. The van der Waals surface area contributed by atoms with Gasteiger partial charge in [0.1, 0.15) is 6.54 Å². The number of likely N-dealkylation sites (N-methyl/N-ethyl adjacent to an activating group) is 1. The number of thioether (sulfide) groups is 1. The van der Waals surface area contributed by atoms with E-state index in [0.717, 1.165) is 12.8 Å². The Morgan fingerprint density at radius 2 is 2.25 bits per heavy atom. The van der Waals surface area contributed by atoms with Crippen molar-refractivity contribution in [2.45, 2.75) is 31.0 Å². The van der Waals surface area contributed by atoms with Gasteiger partial charge in [-0.15, -0.1) is 5.10 Å². The third-order valence-electron chi connectivity index (χ3n) is 2.78. The summed E-state index contributed by atoms with van der Waals surface area (Å²) in [4.78, 5) is 24.5. The molecule has 0 saturated heterocycles. The maximum Gasteiger partial charge on any atom is 0.325 e. The topological polar surface area (TPSA) is 90.2 Å². The molecule has 9 heteroatoms. The molecule has 110 valence electrons. The third-order valence-corrected chi connectivity index (χ3v) is 3.70. The average molecular weight is 299 g/mol. The number of nitrogens with zero attached hydrogens (tertiary/aromatic N) is 5. The van der Waals surface area contributed by atoms with Crippen molar-refractivity contribution in [3.63, 3.8) is 0 Å². The Kier molecular flexibility index (Phi) is 4.94. The fourth-order valence-electron chi connectivity index (χ4n) is 1.55. The third kappa shape index (κ3) is 3.92. The lowest BCUT2D eigenvalue weighted by molar-refractivity contribution is -0.147. The second kappa shape index (κ2) is 6.69. The van der Waals surface area contributed by atoms with Crippen molar-refractivity contribution in [1.29, 1.82) is 0 Å². The molecule has 2 rings (SSSR count). The number of amides is 1. The molecule has 1 aliphatic carbocycles. The van der Waals surface area contributed by atoms with Crippen molar-refractivity contribution in [3.8, 4) is 0 Å². The van der Waals surface area contributed by atoms with Crippen LogP contribution in [0.3, 0.4) is 0 Å². The van der Waals surface area contributed by atoms with Gasteiger partial charge < -0.3 is 9.64 Å². The lowest BCUT2D eigenvalue weighted by Gasteiger charge is -2.15. The normalized spacial score (nSPS) is 14.1. The summed E-state index contributed by atoms with van der Waals surface area (Å²) in [5.74, 6) is -0.368. The highest BCUT2D eigenvalue weighted by atomic mass is 32.2. The van der Waals surface area contributed by atoms with E-state index < -0.39 is 5.97 Å². The maximum atomic E-state index is 11.9. The summed E-state index contributed by atoms with van der Waals surface area (Å²) in [6.45, 7) is 2.00. The fraction of sp³-hybridized carbons (Fsp3) is 0.727. The number of hydrogen-bond donors (Lipinski definition) is 0. The summed E-state index contributed by atoms with van der Waals surface area (Å²) < 4.78 is 6.55. The van der Waals surface area contributed by atoms with E-state index in [9.17, 15) is 9.59 Å². The van der Waals surface area contributed by atoms with Crippen molar-refractivity contribution < 1.29 is 14.3 Å². The standard InChI is InChI=1S/C11H17N5O3S/c1-3-19-10(18)6-15(2)9(17)7-20-11-12-13-14-16(11)8-4-5-8/h8H,3-7H2,1-2H3. The van der Waals surface area contributed by atoms with Gasteiger partial charge >= 0.3 is 5.97 Å². The first-order valence-corrected chi connectivity index (χ1v) is 7.40. The van der Waals surface area contributed by atoms with Crippen LogP contribution in [0.2, 0.25) is 0 Å². The van der Waals surface area contributed by atoms with Gasteiger partial charge in [0.2, 0.25) is 11.1 Å². The average Bonchev–Trinajstić information content (AvgIpc) is 3.15. The number of ether oxygens (including phenoxy) is 1. The second-order valence-electron chi connectivity index (χ2n) is 4.48. The van der Waals surface area contributed by atoms with Crippen molar-refractivity contribution in [3.05, 3.63) is 0 Å². The molecule has 1 saturated carbocycles. The molecule has 1 aromatic rings. The van der Waals surface area contributed by atoms with Crippen LogP contribution in [0.25, 0.3) is 0 Å². The first kappa shape index (κ1) is 14.8. The summed E-state index contributed by atoms with van der Waals surface area (Å²) in [6, 6.07) is 0.375. The molecule has 1 aliphatic rings. The molecule has 0 radical (unpaired) electrons. The Balaban J connectivity index is 1.79. The molecule has 0 N–H and O–H groups in total. The quantitative estimate of drug-likeness (QED) is 0.522. The van der Waals surface area contributed by atoms with Gasteiger partial charge in [-0.1, -0.05) is 11.8 Å². The highest BCUT2D eigenvalue weighted by molar-refractivity contribution is 7.99. The highest BCUT2D eigenvalue weighted by Gasteiger charge is 2.28. The molecule has 0 spiro atoms. The number of rotatable bonds is 7. The molecular weight excluding hydrogens is 282 g/mol. The molecule has 1 amide bonds. The van der Waals surface area contributed by atoms with Crippen molar-refractivity contribution >= 4 is 23.6 Å². The molecule has 1 fully saturated rings. The van der Waals surface area contributed by atoms with E-state index in [-0.39, 0.29) is 18.2 Å². The van der Waals surface area contributed by atoms with Crippen LogP contribution in [0.4, 0.5) is 0 Å². The minimum Gasteiger partial charge on any atom is -0.465 e. The summed E-state index contributed by atoms with van der Waals surface area (Å²) >= 11 is 1.28. The van der Waals surface area contributed by atoms with Crippen LogP contribution < -0.4 is 0 Å². The van der Waals surface area contributed by atoms with Crippen molar-refractivity contribution in [2.24, 2.45) is 0 Å². The van der Waals surface area contributed by atoms with Crippen LogP contribution in [-0.2, 0) is 14.3 Å². The molecule has 0 aromatic carbocycles. The van der Waals surface area contributed by atoms with Gasteiger partial charge in [0.05, 0.1) is 18.4 Å². The van der Waals surface area contributed by atoms with E-state index in [4.69, 9.17) is 4.74 Å². The van der Waals surface area contributed by atoms with E-state index in [1.807, 2.05) is 0 Å². The van der Waals surface area contributed by atoms with E-state index in [2.05, 4.69) is 15.5 Å². The molecular formula is C11H17N5O3S. The fourth-order valence-corrected chi connectivity index (χ4v) is 2.44. The summed E-state index contributed by atoms with van der Waals surface area (Å²) in [6.07, 6.45) is 2.16. The summed E-state index contributed by atoms with van der Waals surface area (Å²) in [7, 11) is 1.57. The number of carbonyl (C=O) groups is 2. The van der Waals surface area contributed by atoms with E-state index in [1.165, 1.54) is 16.7 Å². The number of esters is 1. The molecule has 0 bridgehead atoms. The van der Waals surface area contributed by atoms with Crippen LogP contribution in [0.5, 0.6) is 0 Å². The van der Waals surface area contributed by atoms with E-state index >= 15 is 0 Å². The molecule has 0 atom stereocenters. The maximum absolute atomic E-state index is 11.9. The SMILES string of the molecule is CCOC(=O)CN(C)C(=O)CSc1nnnn1C1CC1. The van der Waals surface area contributed by atoms with Gasteiger partial charge in [-0.3, -0.25) is 9.59 Å². The Morgan fingerprint density at radius 3 is 2.90 bits per heavy atom. The molecule has 1 aromatic heterocycles. The Morgan fingerprint density at radius 1 is 1.50 bits per heavy atom. The summed E-state index contributed by atoms with van der Waals surface area (Å²) in [5.41, 5.74) is 0. The Bertz CT molecular complexity index is 488. The van der Waals surface area contributed by atoms with Gasteiger partial charge in [-0.25, -0.2) is 4.68 Å². The summed E-state index contributed by atoms with van der Waals surface area (Å²) in [5, 5.41) is 12.1. The van der Waals surface area contributed by atoms with E-state index in [1.54, 1.807) is 18.7 Å². The van der Waals surface area contributed by atoms with Crippen LogP contribution in [-0.4, -0.2) is 62.9 Å². The molecule has 20 heavy (non-hydrogen) atoms. The predicted octanol–water partition coefficient (Wildman–Crippen LogP) is 0.122. The monoisotopic (exact) mass is 299 g/mol. The van der Waals surface area contributed by atoms with Gasteiger partial charge in [-0.2, -0.15) is 0 Å². The first-order valence-electron chi connectivity index (χ1n) is 6.42. The lowest BCUT2D eigenvalue weighted by atomic mass is 10.5. The van der Waals surface area contributed by atoms with E-state index in [0.29, 0.717) is 17.8 Å². The second-order valence-corrected chi connectivity index (χ2v) is 5.42. The van der Waals surface area contributed by atoms with Gasteiger partial charge in [0.25, 0.3) is 0 Å². The smallest absolute Gasteiger partial charge is 0.325 e. The van der Waals surface area contributed by atoms with Crippen LogP contribution in [0, 0.1) is 0 Å². The Hall–Kier alpha value is -1.64. The highest BCUT2D eigenvalue weighted by Crippen LogP contribution is 2.36. The van der Waals surface area contributed by atoms with Crippen LogP contribution in [0.15, 0.2) is 5.16 Å². The van der Waals surface area contributed by atoms with Crippen LogP contribution in [0.1, 0.15) is 25.8 Å². The lowest BCUT2D eigenvalue weighted by Crippen LogP contribution is -2.34. The zero-order chi connectivity index (χ0) is 14.5. The number of aromatic nitrogens is 4. The Labute approximate surface area is 120 Å². The largest absolute Gasteiger partial charge is 0.465 e. The molecule has 8 nitrogen and oxygen atoms in total. The molecule has 0 unspecified atom stereocenters. The van der Waals surface area contributed by atoms with Gasteiger partial charge in [-0.05, 0) is 30.2 Å². The van der Waals surface area contributed by atoms with Gasteiger partial charge in [0.15, 0.2) is 0 Å². The predicted molar refractivity (Wildman–Crippen MR) is 71.1 cm³/mol. The zero-order valence-corrected chi connectivity index (χ0v) is 12.3.